The molecule has 5 nitrogen and oxygen atoms in total. The van der Waals surface area contributed by atoms with Crippen molar-refractivity contribution in [1.82, 2.24) is 5.32 Å². The minimum Gasteiger partial charge on any atom is -0.423 e. The van der Waals surface area contributed by atoms with Crippen molar-refractivity contribution in [2.24, 2.45) is 0 Å². The topological polar surface area (TPSA) is 58.6 Å². The molecule has 0 aromatic heterocycles. The van der Waals surface area contributed by atoms with Crippen LogP contribution >= 0.6 is 0 Å². The van der Waals surface area contributed by atoms with Gasteiger partial charge in [-0.2, -0.15) is 8.78 Å². The van der Waals surface area contributed by atoms with Gasteiger partial charge in [0, 0.05) is 20.0 Å². The second-order valence-electron chi connectivity index (χ2n) is 4.03. The molecule has 0 saturated heterocycles. The van der Waals surface area contributed by atoms with E-state index in [2.05, 4.69) is 10.1 Å². The molecule has 19 heavy (non-hydrogen) atoms. The Morgan fingerprint density at radius 2 is 2.11 bits per heavy atom. The van der Waals surface area contributed by atoms with Crippen LogP contribution in [0.1, 0.15) is 6.92 Å². The summed E-state index contributed by atoms with van der Waals surface area (Å²) in [6, 6.07) is 6.03. The lowest BCUT2D eigenvalue weighted by Crippen LogP contribution is -2.52. The van der Waals surface area contributed by atoms with Crippen LogP contribution in [0.3, 0.4) is 0 Å². The molecule has 0 fully saturated rings. The molecule has 1 N–H and O–H groups in total. The van der Waals surface area contributed by atoms with Crippen molar-refractivity contribution in [3.8, 4) is 5.75 Å². The number of nitrogens with zero attached hydrogens (tertiary/aromatic N) is 1. The Labute approximate surface area is 108 Å². The summed E-state index contributed by atoms with van der Waals surface area (Å²) in [5.74, 6) is -1.78. The number of amides is 2. The predicted molar refractivity (Wildman–Crippen MR) is 63.1 cm³/mol. The summed E-state index contributed by atoms with van der Waals surface area (Å²) < 4.78 is 31.2. The Balaban J connectivity index is 2.24. The average Bonchev–Trinajstić information content (AvgIpc) is 2.33. The van der Waals surface area contributed by atoms with Gasteiger partial charge in [-0.25, -0.2) is 0 Å². The number of hydrogen-bond donors (Lipinski definition) is 1. The van der Waals surface area contributed by atoms with E-state index in [4.69, 9.17) is 0 Å². The van der Waals surface area contributed by atoms with Crippen molar-refractivity contribution in [2.45, 2.75) is 13.0 Å². The molecule has 0 radical (unpaired) electrons. The highest BCUT2D eigenvalue weighted by atomic mass is 19.3. The molecule has 1 aliphatic rings. The zero-order valence-corrected chi connectivity index (χ0v) is 10.2. The molecule has 0 atom stereocenters. The molecule has 0 bridgehead atoms. The van der Waals surface area contributed by atoms with E-state index in [1.54, 1.807) is 6.07 Å². The largest absolute Gasteiger partial charge is 0.482 e. The van der Waals surface area contributed by atoms with Gasteiger partial charge in [-0.3, -0.25) is 14.5 Å². The van der Waals surface area contributed by atoms with Crippen LogP contribution in [0.15, 0.2) is 24.3 Å². The number of alkyl halides is 2. The molecule has 1 aromatic carbocycles. The summed E-state index contributed by atoms with van der Waals surface area (Å²) >= 11 is 0. The maximum atomic E-state index is 13.4. The van der Waals surface area contributed by atoms with Crippen molar-refractivity contribution in [1.29, 1.82) is 0 Å². The molecule has 2 amide bonds. The molecule has 2 rings (SSSR count). The van der Waals surface area contributed by atoms with Crippen LogP contribution in [0.5, 0.6) is 5.75 Å². The van der Waals surface area contributed by atoms with E-state index in [0.29, 0.717) is 0 Å². The molecule has 0 saturated carbocycles. The quantitative estimate of drug-likeness (QED) is 0.896. The Morgan fingerprint density at radius 1 is 1.42 bits per heavy atom. The number of nitrogens with one attached hydrogen (secondary N) is 1. The first-order chi connectivity index (χ1) is 8.92. The van der Waals surface area contributed by atoms with Crippen LogP contribution in [-0.2, 0) is 9.59 Å². The fourth-order valence-electron chi connectivity index (χ4n) is 1.78. The predicted octanol–water partition coefficient (Wildman–Crippen LogP) is 1.14. The van der Waals surface area contributed by atoms with Crippen LogP contribution in [0.25, 0.3) is 0 Å². The summed E-state index contributed by atoms with van der Waals surface area (Å²) in [5, 5.41) is 2.45. The van der Waals surface area contributed by atoms with E-state index < -0.39 is 12.0 Å². The second kappa shape index (κ2) is 4.83. The lowest BCUT2D eigenvalue weighted by molar-refractivity contribution is -0.192. The molecule has 0 aliphatic carbocycles. The van der Waals surface area contributed by atoms with Crippen LogP contribution in [0.2, 0.25) is 0 Å². The van der Waals surface area contributed by atoms with Crippen molar-refractivity contribution >= 4 is 17.5 Å². The fourth-order valence-corrected chi connectivity index (χ4v) is 1.78. The third-order valence-electron chi connectivity index (χ3n) is 2.60. The standard InChI is InChI=1S/C12H12F2N2O3/c1-8(17)15-6-7-16-9-4-2-3-5-10(9)19-12(13,14)11(16)18/h2-5H,6-7H2,1H3,(H,15,17). The van der Waals surface area contributed by atoms with E-state index in [-0.39, 0.29) is 30.4 Å². The highest BCUT2D eigenvalue weighted by molar-refractivity contribution is 6.00. The number of hydrogen-bond acceptors (Lipinski definition) is 3. The van der Waals surface area contributed by atoms with Gasteiger partial charge < -0.3 is 10.1 Å². The molecule has 1 aliphatic heterocycles. The Bertz CT molecular complexity index is 519. The summed E-state index contributed by atoms with van der Waals surface area (Å²) in [4.78, 5) is 23.3. The zero-order valence-electron chi connectivity index (χ0n) is 10.2. The van der Waals surface area contributed by atoms with Gasteiger partial charge in [0.2, 0.25) is 5.91 Å². The van der Waals surface area contributed by atoms with Gasteiger partial charge in [-0.1, -0.05) is 12.1 Å². The number of benzene rings is 1. The maximum absolute atomic E-state index is 13.4. The third-order valence-corrected chi connectivity index (χ3v) is 2.60. The molecular formula is C12H12F2N2O3. The van der Waals surface area contributed by atoms with E-state index in [0.717, 1.165) is 4.90 Å². The summed E-state index contributed by atoms with van der Waals surface area (Å²) in [5.41, 5.74) is 0.267. The molecule has 1 heterocycles. The lowest BCUT2D eigenvalue weighted by Gasteiger charge is -2.33. The molecule has 102 valence electrons. The van der Waals surface area contributed by atoms with Crippen LogP contribution in [0, 0.1) is 0 Å². The molecule has 7 heteroatoms. The Kier molecular flexibility index (Phi) is 3.37. The first-order valence-electron chi connectivity index (χ1n) is 5.64. The fraction of sp³-hybridized carbons (Fsp3) is 0.333. The smallest absolute Gasteiger partial charge is 0.423 e. The van der Waals surface area contributed by atoms with E-state index in [9.17, 15) is 18.4 Å². The van der Waals surface area contributed by atoms with Crippen molar-refractivity contribution in [3.63, 3.8) is 0 Å². The van der Waals surface area contributed by atoms with Gasteiger partial charge in [0.05, 0.1) is 5.69 Å². The SMILES string of the molecule is CC(=O)NCCN1C(=O)C(F)(F)Oc2ccccc21. The van der Waals surface area contributed by atoms with Crippen LogP contribution in [0.4, 0.5) is 14.5 Å². The monoisotopic (exact) mass is 270 g/mol. The van der Waals surface area contributed by atoms with Gasteiger partial charge in [0.15, 0.2) is 5.75 Å². The lowest BCUT2D eigenvalue weighted by atomic mass is 10.2. The zero-order chi connectivity index (χ0) is 14.0. The summed E-state index contributed by atoms with van der Waals surface area (Å²) in [6.07, 6.45) is -3.88. The van der Waals surface area contributed by atoms with Gasteiger partial charge in [-0.05, 0) is 12.1 Å². The normalized spacial score (nSPS) is 16.6. The number of fused-ring (bicyclic) bond motifs is 1. The number of halogens is 2. The van der Waals surface area contributed by atoms with Gasteiger partial charge in [0.1, 0.15) is 0 Å². The Morgan fingerprint density at radius 3 is 2.79 bits per heavy atom. The number of anilines is 1. The average molecular weight is 270 g/mol. The van der Waals surface area contributed by atoms with Crippen molar-refractivity contribution in [2.75, 3.05) is 18.0 Å². The first kappa shape index (κ1) is 13.3. The number of ether oxygens (including phenoxy) is 1. The molecular weight excluding hydrogens is 258 g/mol. The molecule has 1 aromatic rings. The van der Waals surface area contributed by atoms with Gasteiger partial charge >= 0.3 is 12.0 Å². The minimum absolute atomic E-state index is 0.0472. The van der Waals surface area contributed by atoms with Crippen molar-refractivity contribution < 1.29 is 23.1 Å². The first-order valence-corrected chi connectivity index (χ1v) is 5.64. The maximum Gasteiger partial charge on any atom is 0.482 e. The summed E-state index contributed by atoms with van der Waals surface area (Å²) in [7, 11) is 0. The molecule has 0 unspecified atom stereocenters. The number of para-hydroxylation sites is 2. The molecule has 0 spiro atoms. The van der Waals surface area contributed by atoms with Crippen molar-refractivity contribution in [3.05, 3.63) is 24.3 Å². The summed E-state index contributed by atoms with van der Waals surface area (Å²) in [6.45, 7) is 1.35. The van der Waals surface area contributed by atoms with E-state index >= 15 is 0 Å². The second-order valence-corrected chi connectivity index (χ2v) is 4.03. The highest BCUT2D eigenvalue weighted by Gasteiger charge is 2.50. The third kappa shape index (κ3) is 2.64. The number of carbonyl (C=O) groups is 2. The number of carbonyl (C=O) groups excluding carboxylic acids is 2. The van der Waals surface area contributed by atoms with Gasteiger partial charge in [-0.15, -0.1) is 0 Å². The van der Waals surface area contributed by atoms with E-state index in [1.165, 1.54) is 25.1 Å². The van der Waals surface area contributed by atoms with E-state index in [1.807, 2.05) is 0 Å². The van der Waals surface area contributed by atoms with Crippen LogP contribution < -0.4 is 15.0 Å². The minimum atomic E-state index is -3.88. The van der Waals surface area contributed by atoms with Gasteiger partial charge in [0.25, 0.3) is 0 Å². The Hall–Kier alpha value is -2.18. The van der Waals surface area contributed by atoms with Crippen LogP contribution in [-0.4, -0.2) is 31.0 Å². The highest BCUT2D eigenvalue weighted by Crippen LogP contribution is 2.38. The number of rotatable bonds is 3.